The van der Waals surface area contributed by atoms with Gasteiger partial charge >= 0.3 is 0 Å². The van der Waals surface area contributed by atoms with Crippen molar-refractivity contribution in [3.63, 3.8) is 0 Å². The second-order valence-electron chi connectivity index (χ2n) is 5.87. The van der Waals surface area contributed by atoms with Gasteiger partial charge in [0.2, 0.25) is 11.8 Å². The van der Waals surface area contributed by atoms with E-state index in [-0.39, 0.29) is 24.3 Å². The van der Waals surface area contributed by atoms with Crippen molar-refractivity contribution in [1.29, 1.82) is 0 Å². The van der Waals surface area contributed by atoms with Gasteiger partial charge in [0.25, 0.3) is 0 Å². The number of hydrogen-bond donors (Lipinski definition) is 2. The number of aliphatic hydroxyl groups is 1. The molecule has 5 heteroatoms. The highest BCUT2D eigenvalue weighted by molar-refractivity contribution is 5.89. The molecule has 2 amide bonds. The van der Waals surface area contributed by atoms with Crippen LogP contribution in [-0.2, 0) is 22.7 Å². The van der Waals surface area contributed by atoms with Crippen LogP contribution in [0.2, 0.25) is 0 Å². The molecule has 112 valence electrons. The number of likely N-dealkylation sites (tertiary alicyclic amines) is 1. The first-order valence-corrected chi connectivity index (χ1v) is 7.43. The molecule has 1 aromatic carbocycles. The third-order valence-corrected chi connectivity index (χ3v) is 4.16. The summed E-state index contributed by atoms with van der Waals surface area (Å²) in [6, 6.07) is 7.87. The molecule has 1 unspecified atom stereocenters. The van der Waals surface area contributed by atoms with Crippen LogP contribution >= 0.6 is 0 Å². The summed E-state index contributed by atoms with van der Waals surface area (Å²) in [6.07, 6.45) is 2.49. The lowest BCUT2D eigenvalue weighted by Crippen LogP contribution is -2.33. The summed E-state index contributed by atoms with van der Waals surface area (Å²) in [7, 11) is 0. The van der Waals surface area contributed by atoms with Crippen molar-refractivity contribution in [3.8, 4) is 0 Å². The first-order chi connectivity index (χ1) is 10.2. The molecule has 0 aromatic heterocycles. The minimum atomic E-state index is -0.223. The molecule has 1 aliphatic heterocycles. The van der Waals surface area contributed by atoms with E-state index in [2.05, 4.69) is 5.32 Å². The molecule has 2 N–H and O–H groups in total. The molecule has 1 atom stereocenters. The van der Waals surface area contributed by atoms with Gasteiger partial charge in [-0.2, -0.15) is 0 Å². The van der Waals surface area contributed by atoms with E-state index in [0.29, 0.717) is 25.6 Å². The Hall–Kier alpha value is -1.88. The minimum Gasteiger partial charge on any atom is -0.392 e. The number of nitrogens with zero attached hydrogens (tertiary/aromatic N) is 1. The van der Waals surface area contributed by atoms with Crippen molar-refractivity contribution in [2.24, 2.45) is 5.92 Å². The average Bonchev–Trinajstić information content (AvgIpc) is 3.27. The van der Waals surface area contributed by atoms with Crippen LogP contribution in [0.4, 0.5) is 0 Å². The molecular formula is C16H20N2O3. The highest BCUT2D eigenvalue weighted by atomic mass is 16.3. The van der Waals surface area contributed by atoms with E-state index in [4.69, 9.17) is 5.11 Å². The molecule has 0 radical (unpaired) electrons. The largest absolute Gasteiger partial charge is 0.392 e. The molecule has 0 bridgehead atoms. The number of carbonyl (C=O) groups excluding carboxylic acids is 2. The van der Waals surface area contributed by atoms with Crippen molar-refractivity contribution in [1.82, 2.24) is 10.2 Å². The molecule has 1 aromatic rings. The Kier molecular flexibility index (Phi) is 3.92. The summed E-state index contributed by atoms with van der Waals surface area (Å²) in [5, 5.41) is 12.0. The summed E-state index contributed by atoms with van der Waals surface area (Å²) in [5.74, 6) is -0.167. The molecule has 1 saturated carbocycles. The maximum Gasteiger partial charge on any atom is 0.225 e. The molecule has 1 saturated heterocycles. The molecule has 1 heterocycles. The number of hydrogen-bond acceptors (Lipinski definition) is 3. The van der Waals surface area contributed by atoms with E-state index in [9.17, 15) is 9.59 Å². The Balaban J connectivity index is 1.53. The molecule has 21 heavy (non-hydrogen) atoms. The fraction of sp³-hybridized carbons (Fsp3) is 0.500. The SMILES string of the molecule is O=C(NCc1cccc(CO)c1)C1CC(=O)N(C2CC2)C1. The smallest absolute Gasteiger partial charge is 0.225 e. The lowest BCUT2D eigenvalue weighted by Gasteiger charge is -2.15. The Labute approximate surface area is 123 Å². The van der Waals surface area contributed by atoms with E-state index < -0.39 is 0 Å². The van der Waals surface area contributed by atoms with E-state index in [1.165, 1.54) is 0 Å². The highest BCUT2D eigenvalue weighted by Gasteiger charge is 2.41. The molecular weight excluding hydrogens is 268 g/mol. The first kappa shape index (κ1) is 14.1. The zero-order chi connectivity index (χ0) is 14.8. The molecule has 1 aliphatic carbocycles. The fourth-order valence-corrected chi connectivity index (χ4v) is 2.82. The number of carbonyl (C=O) groups is 2. The molecule has 2 fully saturated rings. The monoisotopic (exact) mass is 288 g/mol. The Morgan fingerprint density at radius 2 is 2.10 bits per heavy atom. The maximum absolute atomic E-state index is 12.2. The van der Waals surface area contributed by atoms with Crippen LogP contribution < -0.4 is 5.32 Å². The summed E-state index contributed by atoms with van der Waals surface area (Å²) < 4.78 is 0. The minimum absolute atomic E-state index is 0.00470. The van der Waals surface area contributed by atoms with Crippen LogP contribution in [0.25, 0.3) is 0 Å². The molecule has 0 spiro atoms. The van der Waals surface area contributed by atoms with Gasteiger partial charge in [-0.05, 0) is 24.0 Å². The fourth-order valence-electron chi connectivity index (χ4n) is 2.82. The number of nitrogens with one attached hydrogen (secondary N) is 1. The van der Waals surface area contributed by atoms with E-state index in [1.54, 1.807) is 0 Å². The lowest BCUT2D eigenvalue weighted by molar-refractivity contribution is -0.129. The van der Waals surface area contributed by atoms with Gasteiger partial charge in [0.15, 0.2) is 0 Å². The topological polar surface area (TPSA) is 69.6 Å². The van der Waals surface area contributed by atoms with E-state index in [0.717, 1.165) is 24.0 Å². The van der Waals surface area contributed by atoms with E-state index in [1.807, 2.05) is 29.2 Å². The molecule has 3 rings (SSSR count). The molecule has 5 nitrogen and oxygen atoms in total. The van der Waals surface area contributed by atoms with Crippen LogP contribution in [0.3, 0.4) is 0 Å². The number of benzene rings is 1. The second kappa shape index (κ2) is 5.85. The summed E-state index contributed by atoms with van der Waals surface area (Å²) in [4.78, 5) is 25.9. The zero-order valence-electron chi connectivity index (χ0n) is 11.9. The molecule has 2 aliphatic rings. The summed E-state index contributed by atoms with van der Waals surface area (Å²) >= 11 is 0. The van der Waals surface area contributed by atoms with Crippen LogP contribution in [-0.4, -0.2) is 34.4 Å². The van der Waals surface area contributed by atoms with Crippen molar-refractivity contribution in [2.45, 2.75) is 38.5 Å². The van der Waals surface area contributed by atoms with Crippen molar-refractivity contribution < 1.29 is 14.7 Å². The van der Waals surface area contributed by atoms with Gasteiger partial charge in [-0.1, -0.05) is 24.3 Å². The van der Waals surface area contributed by atoms with E-state index >= 15 is 0 Å². The van der Waals surface area contributed by atoms with Gasteiger partial charge in [0.05, 0.1) is 12.5 Å². The maximum atomic E-state index is 12.2. The van der Waals surface area contributed by atoms with Crippen molar-refractivity contribution >= 4 is 11.8 Å². The van der Waals surface area contributed by atoms with Gasteiger partial charge in [0, 0.05) is 25.6 Å². The number of rotatable bonds is 5. The average molecular weight is 288 g/mol. The van der Waals surface area contributed by atoms with Crippen LogP contribution in [0, 0.1) is 5.92 Å². The third-order valence-electron chi connectivity index (χ3n) is 4.16. The third kappa shape index (κ3) is 3.24. The Morgan fingerprint density at radius 1 is 1.33 bits per heavy atom. The van der Waals surface area contributed by atoms with Crippen LogP contribution in [0.5, 0.6) is 0 Å². The summed E-state index contributed by atoms with van der Waals surface area (Å²) in [5.41, 5.74) is 1.79. The highest BCUT2D eigenvalue weighted by Crippen LogP contribution is 2.32. The number of amides is 2. The Bertz CT molecular complexity index is 554. The standard InChI is InChI=1S/C16H20N2O3/c19-10-12-3-1-2-11(6-12)8-17-16(21)13-7-15(20)18(9-13)14-4-5-14/h1-3,6,13-14,19H,4-5,7-10H2,(H,17,21). The summed E-state index contributed by atoms with van der Waals surface area (Å²) in [6.45, 7) is 0.988. The van der Waals surface area contributed by atoms with Crippen molar-refractivity contribution in [3.05, 3.63) is 35.4 Å². The van der Waals surface area contributed by atoms with Crippen LogP contribution in [0.15, 0.2) is 24.3 Å². The van der Waals surface area contributed by atoms with Gasteiger partial charge in [-0.25, -0.2) is 0 Å². The lowest BCUT2D eigenvalue weighted by atomic mass is 10.1. The second-order valence-corrected chi connectivity index (χ2v) is 5.87. The number of aliphatic hydroxyl groups excluding tert-OH is 1. The Morgan fingerprint density at radius 3 is 2.81 bits per heavy atom. The van der Waals surface area contributed by atoms with Gasteiger partial charge in [0.1, 0.15) is 0 Å². The first-order valence-electron chi connectivity index (χ1n) is 7.43. The van der Waals surface area contributed by atoms with Gasteiger partial charge in [-0.15, -0.1) is 0 Å². The normalized spacial score (nSPS) is 21.7. The van der Waals surface area contributed by atoms with Gasteiger partial charge in [-0.3, -0.25) is 9.59 Å². The van der Waals surface area contributed by atoms with Gasteiger partial charge < -0.3 is 15.3 Å². The zero-order valence-corrected chi connectivity index (χ0v) is 11.9. The van der Waals surface area contributed by atoms with Crippen molar-refractivity contribution in [2.75, 3.05) is 6.54 Å². The predicted octanol–water partition coefficient (Wildman–Crippen LogP) is 0.806. The quantitative estimate of drug-likeness (QED) is 0.842. The predicted molar refractivity (Wildman–Crippen MR) is 77.1 cm³/mol. The van der Waals surface area contributed by atoms with Crippen LogP contribution in [0.1, 0.15) is 30.4 Å².